The number of benzene rings is 1. The lowest BCUT2D eigenvalue weighted by molar-refractivity contribution is 0.0914. The molecule has 8 nitrogen and oxygen atoms in total. The van der Waals surface area contributed by atoms with E-state index in [2.05, 4.69) is 11.1 Å². The number of piperazine rings is 1. The summed E-state index contributed by atoms with van der Waals surface area (Å²) >= 11 is 0. The molecule has 29 heavy (non-hydrogen) atoms. The molecule has 0 atom stereocenters. The van der Waals surface area contributed by atoms with Crippen molar-refractivity contribution in [3.63, 3.8) is 0 Å². The summed E-state index contributed by atoms with van der Waals surface area (Å²) in [7, 11) is 0. The van der Waals surface area contributed by atoms with Crippen molar-refractivity contribution in [2.24, 2.45) is 0 Å². The Morgan fingerprint density at radius 2 is 2.00 bits per heavy atom. The molecule has 1 amide bonds. The van der Waals surface area contributed by atoms with Crippen molar-refractivity contribution < 1.29 is 9.53 Å². The second-order valence-electron chi connectivity index (χ2n) is 6.94. The zero-order valence-corrected chi connectivity index (χ0v) is 16.4. The fraction of sp³-hybridized carbons (Fsp3) is 0.333. The third-order valence-electron chi connectivity index (χ3n) is 5.26. The Kier molecular flexibility index (Phi) is 4.80. The fourth-order valence-electron chi connectivity index (χ4n) is 3.70. The number of nitrogens with zero attached hydrogens (tertiary/aromatic N) is 5. The monoisotopic (exact) mass is 391 g/mol. The number of imidazole rings is 1. The van der Waals surface area contributed by atoms with E-state index < -0.39 is 0 Å². The average molecular weight is 391 g/mol. The van der Waals surface area contributed by atoms with Crippen molar-refractivity contribution in [2.75, 3.05) is 32.8 Å². The van der Waals surface area contributed by atoms with Gasteiger partial charge in [0.1, 0.15) is 6.07 Å². The number of hydrogen-bond acceptors (Lipinski definition) is 6. The van der Waals surface area contributed by atoms with Gasteiger partial charge in [-0.25, -0.2) is 9.78 Å². The van der Waals surface area contributed by atoms with E-state index in [0.29, 0.717) is 65.8 Å². The number of carbonyl (C=O) groups excluding carboxylic acids is 1. The molecular weight excluding hydrogens is 370 g/mol. The van der Waals surface area contributed by atoms with E-state index in [9.17, 15) is 14.9 Å². The predicted octanol–water partition coefficient (Wildman–Crippen LogP) is 1.26. The van der Waals surface area contributed by atoms with Gasteiger partial charge in [0.25, 0.3) is 5.56 Å². The summed E-state index contributed by atoms with van der Waals surface area (Å²) in [6.45, 7) is 6.11. The van der Waals surface area contributed by atoms with Gasteiger partial charge in [-0.1, -0.05) is 12.1 Å². The molecule has 0 N–H and O–H groups in total. The van der Waals surface area contributed by atoms with Crippen LogP contribution >= 0.6 is 0 Å². The molecule has 1 aliphatic rings. The van der Waals surface area contributed by atoms with Gasteiger partial charge in [0.05, 0.1) is 28.4 Å². The third kappa shape index (κ3) is 3.14. The van der Waals surface area contributed by atoms with Crippen LogP contribution in [0.4, 0.5) is 4.79 Å². The van der Waals surface area contributed by atoms with Crippen LogP contribution in [0.2, 0.25) is 0 Å². The first kappa shape index (κ1) is 18.7. The van der Waals surface area contributed by atoms with Crippen LogP contribution in [0.3, 0.4) is 0 Å². The van der Waals surface area contributed by atoms with Gasteiger partial charge in [0, 0.05) is 32.4 Å². The minimum Gasteiger partial charge on any atom is -0.450 e. The van der Waals surface area contributed by atoms with E-state index in [1.54, 1.807) is 24.9 Å². The largest absolute Gasteiger partial charge is 0.450 e. The number of para-hydroxylation sites is 2. The minimum atomic E-state index is -0.314. The lowest BCUT2D eigenvalue weighted by Gasteiger charge is -2.33. The number of ether oxygens (including phenoxy) is 1. The van der Waals surface area contributed by atoms with Crippen molar-refractivity contribution in [3.05, 3.63) is 51.0 Å². The normalized spacial score (nSPS) is 15.1. The number of pyridine rings is 1. The van der Waals surface area contributed by atoms with Gasteiger partial charge < -0.3 is 14.5 Å². The molecule has 0 unspecified atom stereocenters. The van der Waals surface area contributed by atoms with Crippen molar-refractivity contribution in [1.82, 2.24) is 19.2 Å². The summed E-state index contributed by atoms with van der Waals surface area (Å²) < 4.78 is 6.56. The first-order chi connectivity index (χ1) is 14.0. The number of hydrogen-bond donors (Lipinski definition) is 0. The number of carbonyl (C=O) groups is 1. The maximum absolute atomic E-state index is 13.3. The predicted molar refractivity (Wildman–Crippen MR) is 108 cm³/mol. The van der Waals surface area contributed by atoms with Crippen molar-refractivity contribution in [3.8, 4) is 6.07 Å². The number of aromatic nitrogens is 2. The van der Waals surface area contributed by atoms with E-state index in [0.717, 1.165) is 0 Å². The minimum absolute atomic E-state index is 0.196. The van der Waals surface area contributed by atoms with E-state index in [4.69, 9.17) is 4.74 Å². The van der Waals surface area contributed by atoms with E-state index in [1.165, 1.54) is 4.40 Å². The lowest BCUT2D eigenvalue weighted by Crippen LogP contribution is -2.48. The first-order valence-corrected chi connectivity index (χ1v) is 9.56. The Bertz CT molecular complexity index is 1250. The maximum Gasteiger partial charge on any atom is 0.409 e. The van der Waals surface area contributed by atoms with E-state index >= 15 is 0 Å². The Morgan fingerprint density at radius 3 is 2.69 bits per heavy atom. The second kappa shape index (κ2) is 7.43. The molecule has 0 radical (unpaired) electrons. The van der Waals surface area contributed by atoms with Gasteiger partial charge in [-0.15, -0.1) is 0 Å². The van der Waals surface area contributed by atoms with Crippen LogP contribution in [0.25, 0.3) is 22.9 Å². The van der Waals surface area contributed by atoms with Crippen LogP contribution in [0.15, 0.2) is 29.1 Å². The van der Waals surface area contributed by atoms with Crippen LogP contribution in [0.5, 0.6) is 0 Å². The molecule has 0 aliphatic carbocycles. The summed E-state index contributed by atoms with van der Waals surface area (Å²) in [6.07, 6.45) is 1.49. The van der Waals surface area contributed by atoms with Gasteiger partial charge in [-0.2, -0.15) is 5.26 Å². The molecule has 1 fully saturated rings. The van der Waals surface area contributed by atoms with E-state index in [-0.39, 0.29) is 11.7 Å². The highest BCUT2D eigenvalue weighted by Crippen LogP contribution is 2.17. The fourth-order valence-corrected chi connectivity index (χ4v) is 3.70. The lowest BCUT2D eigenvalue weighted by atomic mass is 10.1. The van der Waals surface area contributed by atoms with Gasteiger partial charge in [0.2, 0.25) is 0 Å². The topological polar surface area (TPSA) is 90.9 Å². The number of amides is 1. The zero-order chi connectivity index (χ0) is 20.5. The number of nitriles is 1. The van der Waals surface area contributed by atoms with Gasteiger partial charge in [0.15, 0.2) is 5.65 Å². The molecule has 1 saturated heterocycles. The third-order valence-corrected chi connectivity index (χ3v) is 5.26. The molecule has 3 heterocycles. The molecule has 1 aliphatic heterocycles. The van der Waals surface area contributed by atoms with Crippen molar-refractivity contribution in [2.45, 2.75) is 13.8 Å². The second-order valence-corrected chi connectivity index (χ2v) is 6.94. The maximum atomic E-state index is 13.3. The molecule has 8 heteroatoms. The van der Waals surface area contributed by atoms with Gasteiger partial charge in [-0.05, 0) is 31.5 Å². The highest BCUT2D eigenvalue weighted by molar-refractivity contribution is 5.82. The highest BCUT2D eigenvalue weighted by Gasteiger charge is 2.21. The summed E-state index contributed by atoms with van der Waals surface area (Å²) in [5.74, 6) is 0. The smallest absolute Gasteiger partial charge is 0.409 e. The number of fused-ring (bicyclic) bond motifs is 3. The molecular formula is C21H21N5O3. The average Bonchev–Trinajstić information content (AvgIpc) is 3.11. The Morgan fingerprint density at radius 1 is 1.28 bits per heavy atom. The van der Waals surface area contributed by atoms with E-state index in [1.807, 2.05) is 29.2 Å². The molecule has 0 saturated carbocycles. The zero-order valence-electron chi connectivity index (χ0n) is 16.4. The van der Waals surface area contributed by atoms with Gasteiger partial charge in [-0.3, -0.25) is 9.20 Å². The van der Waals surface area contributed by atoms with Crippen LogP contribution < -0.4 is 10.8 Å². The Hall–Kier alpha value is -3.60. The Labute approximate surface area is 167 Å². The molecule has 0 spiro atoms. The first-order valence-electron chi connectivity index (χ1n) is 9.56. The van der Waals surface area contributed by atoms with Crippen LogP contribution in [-0.2, 0) is 4.74 Å². The Balaban J connectivity index is 1.79. The summed E-state index contributed by atoms with van der Waals surface area (Å²) in [4.78, 5) is 33.3. The molecule has 4 rings (SSSR count). The van der Waals surface area contributed by atoms with Crippen LogP contribution in [0, 0.1) is 18.3 Å². The van der Waals surface area contributed by atoms with Crippen LogP contribution in [-0.4, -0.2) is 58.1 Å². The summed E-state index contributed by atoms with van der Waals surface area (Å²) in [5, 5.41) is 10.2. The van der Waals surface area contributed by atoms with Crippen molar-refractivity contribution in [1.29, 1.82) is 5.26 Å². The SMILES string of the molecule is CCOC(=O)N1CCN(/C=c2\c(C)c(C#N)c3nc4ccccc4n3c2=O)CC1. The summed E-state index contributed by atoms with van der Waals surface area (Å²) in [5.41, 5.74) is 2.58. The van der Waals surface area contributed by atoms with Gasteiger partial charge >= 0.3 is 6.09 Å². The van der Waals surface area contributed by atoms with Crippen molar-refractivity contribution >= 4 is 29.0 Å². The standard InChI is InChI=1S/C21H21N5O3/c1-3-29-21(28)25-10-8-24(9-11-25)13-16-14(2)15(12-22)19-23-17-6-4-5-7-18(17)26(19)20(16)27/h4-7,13H,3,8-11H2,1-2H3/b16-13+. The molecule has 3 aromatic rings. The number of rotatable bonds is 2. The highest BCUT2D eigenvalue weighted by atomic mass is 16.6. The summed E-state index contributed by atoms with van der Waals surface area (Å²) in [6, 6.07) is 9.57. The molecule has 1 aromatic carbocycles. The van der Waals surface area contributed by atoms with Crippen LogP contribution in [0.1, 0.15) is 18.1 Å². The molecule has 148 valence electrons. The quantitative estimate of drug-likeness (QED) is 0.653. The molecule has 0 bridgehead atoms. The molecule has 2 aromatic heterocycles.